The number of para-hydroxylation sites is 1. The van der Waals surface area contributed by atoms with Gasteiger partial charge in [-0.3, -0.25) is 0 Å². The van der Waals surface area contributed by atoms with Crippen LogP contribution in [0.2, 0.25) is 5.02 Å². The van der Waals surface area contributed by atoms with Gasteiger partial charge in [0.05, 0.1) is 38.3 Å². The van der Waals surface area contributed by atoms with Crippen LogP contribution in [0, 0.1) is 11.8 Å². The van der Waals surface area contributed by atoms with E-state index in [0.29, 0.717) is 11.6 Å². The molecule has 1 unspecified atom stereocenters. The van der Waals surface area contributed by atoms with E-state index in [1.807, 2.05) is 24.3 Å². The second-order valence-electron chi connectivity index (χ2n) is 12.0. The first-order valence-electron chi connectivity index (χ1n) is 16.3. The predicted molar refractivity (Wildman–Crippen MR) is 166 cm³/mol. The van der Waals surface area contributed by atoms with Gasteiger partial charge in [-0.1, -0.05) is 17.7 Å². The zero-order valence-electron chi connectivity index (χ0n) is 27.2. The van der Waals surface area contributed by atoms with E-state index in [1.165, 1.54) is 58.3 Å². The molecular formula is C33H41ClF6N4O6. The third kappa shape index (κ3) is 13.9. The Kier molecular flexibility index (Phi) is 15.9. The van der Waals surface area contributed by atoms with E-state index in [0.717, 1.165) is 66.2 Å². The Balaban J connectivity index is 0.000000408. The Morgan fingerprint density at radius 3 is 2.08 bits per heavy atom. The maximum atomic E-state index is 10.5. The molecule has 2 saturated heterocycles. The third-order valence-electron chi connectivity index (χ3n) is 8.32. The van der Waals surface area contributed by atoms with Gasteiger partial charge in [0.15, 0.2) is 0 Å². The zero-order chi connectivity index (χ0) is 36.7. The number of carbonyl (C=O) groups excluding carboxylic acids is 2. The molecule has 278 valence electrons. The smallest absolute Gasteiger partial charge is 0.430 e. The summed E-state index contributed by atoms with van der Waals surface area (Å²) in [7, 11) is 0. The first-order chi connectivity index (χ1) is 23.6. The summed E-state index contributed by atoms with van der Waals surface area (Å²) in [6.07, 6.45) is -1.54. The number of nitrogens with zero attached hydrogens (tertiary/aromatic N) is 2. The number of aryl methyl sites for hydroxylation is 1. The highest BCUT2D eigenvalue weighted by Gasteiger charge is 2.29. The summed E-state index contributed by atoms with van der Waals surface area (Å²) in [6.45, 7) is 7.19. The van der Waals surface area contributed by atoms with Crippen molar-refractivity contribution in [2.45, 2.75) is 70.4 Å². The number of carboxylic acids is 2. The van der Waals surface area contributed by atoms with Crippen molar-refractivity contribution in [1.82, 2.24) is 9.55 Å². The number of fused-ring (bicyclic) bond motifs is 1. The first-order valence-corrected chi connectivity index (χ1v) is 16.7. The number of aliphatic carboxylic acids is 2. The van der Waals surface area contributed by atoms with Crippen LogP contribution in [-0.4, -0.2) is 66.6 Å². The summed E-state index contributed by atoms with van der Waals surface area (Å²) >= 11 is 6.05. The molecule has 1 aromatic heterocycles. The average molecular weight is 739 g/mol. The van der Waals surface area contributed by atoms with Gasteiger partial charge >= 0.3 is 12.4 Å². The van der Waals surface area contributed by atoms with E-state index in [9.17, 15) is 26.3 Å². The molecule has 0 amide bonds. The lowest BCUT2D eigenvalue weighted by Gasteiger charge is -2.20. The summed E-state index contributed by atoms with van der Waals surface area (Å²) in [4.78, 5) is 22.6. The van der Waals surface area contributed by atoms with Gasteiger partial charge < -0.3 is 44.5 Å². The summed E-state index contributed by atoms with van der Waals surface area (Å²) < 4.78 is 77.9. The zero-order valence-corrected chi connectivity index (χ0v) is 28.0. The minimum absolute atomic E-state index is 0.422. The second-order valence-corrected chi connectivity index (χ2v) is 12.5. The van der Waals surface area contributed by atoms with Crippen molar-refractivity contribution in [2.75, 3.05) is 32.8 Å². The number of imidazole rings is 1. The van der Waals surface area contributed by atoms with Gasteiger partial charge in [0.1, 0.15) is 41.4 Å². The number of benzene rings is 2. The van der Waals surface area contributed by atoms with Gasteiger partial charge in [-0.15, -0.1) is 0 Å². The Bertz CT molecular complexity index is 1470. The van der Waals surface area contributed by atoms with Crippen LogP contribution in [0.15, 0.2) is 42.5 Å². The molecule has 0 saturated carbocycles. The molecule has 0 radical (unpaired) electrons. The third-order valence-corrected chi connectivity index (χ3v) is 8.57. The van der Waals surface area contributed by atoms with Crippen molar-refractivity contribution >= 4 is 34.6 Å². The number of aromatic nitrogens is 2. The standard InChI is InChI=1S/C29H39ClN4O2.2C2HF3O2/c30-24-8-10-25(11-9-24)36-21-28-33-29-26(34(28)18-3-5-23-4-2-15-32-20-23)6-1-7-27(29)35-19-14-22-12-16-31-17-13-22;2*3-2(4,5)1(6)7/h1,6-11,22-23,31-32H,2-5,12-21H2;2*(H,6,7). The first kappa shape index (κ1) is 40.7. The molecule has 0 spiro atoms. The largest absolute Gasteiger partial charge is 0.542 e. The maximum Gasteiger partial charge on any atom is 0.430 e. The normalized spacial score (nSPS) is 16.8. The fraction of sp³-hybridized carbons (Fsp3) is 0.545. The van der Waals surface area contributed by atoms with Crippen LogP contribution >= 0.6 is 11.6 Å². The van der Waals surface area contributed by atoms with Gasteiger partial charge in [0, 0.05) is 17.5 Å². The lowest BCUT2D eigenvalue weighted by molar-refractivity contribution is -0.669. The molecule has 17 heteroatoms. The Morgan fingerprint density at radius 2 is 1.50 bits per heavy atom. The number of piperidine rings is 2. The molecule has 4 N–H and O–H groups in total. The molecule has 3 aromatic rings. The molecule has 2 aliphatic heterocycles. The Morgan fingerprint density at radius 1 is 0.860 bits per heavy atom. The topological polar surface area (TPSA) is 150 Å². The second kappa shape index (κ2) is 19.6. The van der Waals surface area contributed by atoms with E-state index in [1.54, 1.807) is 0 Å². The number of hydrogen-bond acceptors (Lipinski definition) is 7. The number of ether oxygens (including phenoxy) is 2. The van der Waals surface area contributed by atoms with Crippen molar-refractivity contribution in [3.63, 3.8) is 0 Å². The number of carbonyl (C=O) groups is 2. The monoisotopic (exact) mass is 738 g/mol. The molecule has 5 rings (SSSR count). The quantitative estimate of drug-likeness (QED) is 0.287. The molecule has 3 heterocycles. The Hall–Kier alpha value is -3.76. The van der Waals surface area contributed by atoms with Crippen LogP contribution in [0.25, 0.3) is 11.0 Å². The lowest BCUT2D eigenvalue weighted by atomic mass is 9.95. The number of hydrogen-bond donors (Lipinski definition) is 2. The lowest BCUT2D eigenvalue weighted by Crippen LogP contribution is -2.87. The van der Waals surface area contributed by atoms with E-state index in [2.05, 4.69) is 33.4 Å². The van der Waals surface area contributed by atoms with Crippen molar-refractivity contribution in [3.8, 4) is 11.5 Å². The molecule has 0 bridgehead atoms. The summed E-state index contributed by atoms with van der Waals surface area (Å²) in [5, 5.41) is 23.2. The average Bonchev–Trinajstić information content (AvgIpc) is 3.43. The number of rotatable bonds is 11. The van der Waals surface area contributed by atoms with Crippen LogP contribution in [0.1, 0.15) is 50.8 Å². The van der Waals surface area contributed by atoms with Crippen molar-refractivity contribution in [1.29, 1.82) is 0 Å². The highest BCUT2D eigenvalue weighted by atomic mass is 35.5. The number of quaternary nitrogens is 2. The molecule has 50 heavy (non-hydrogen) atoms. The fourth-order valence-corrected chi connectivity index (χ4v) is 5.89. The molecule has 10 nitrogen and oxygen atoms in total. The van der Waals surface area contributed by atoms with E-state index in [4.69, 9.17) is 45.9 Å². The van der Waals surface area contributed by atoms with Crippen molar-refractivity contribution in [2.24, 2.45) is 11.8 Å². The predicted octanol–water partition coefficient (Wildman–Crippen LogP) is 2.36. The van der Waals surface area contributed by atoms with Gasteiger partial charge in [0.25, 0.3) is 0 Å². The molecule has 2 fully saturated rings. The highest BCUT2D eigenvalue weighted by molar-refractivity contribution is 6.30. The van der Waals surface area contributed by atoms with Crippen LogP contribution in [0.3, 0.4) is 0 Å². The SMILES string of the molecule is Clc1ccc(OCc2nc3c(OCCC4CC[NH2+]CC4)cccc3n2CCCC2CCC[NH2+]C2)cc1.O=C([O-])C(F)(F)F.O=C([O-])C(F)(F)F. The van der Waals surface area contributed by atoms with Gasteiger partial charge in [0.2, 0.25) is 0 Å². The number of nitrogens with two attached hydrogens (primary N) is 2. The van der Waals surface area contributed by atoms with E-state index >= 15 is 0 Å². The summed E-state index contributed by atoms with van der Waals surface area (Å²) in [6, 6.07) is 13.9. The number of carboxylic acid groups (broad SMARTS) is 2. The van der Waals surface area contributed by atoms with Crippen LogP contribution in [0.5, 0.6) is 11.5 Å². The van der Waals surface area contributed by atoms with E-state index in [-0.39, 0.29) is 0 Å². The van der Waals surface area contributed by atoms with Gasteiger partial charge in [-0.05, 0) is 87.3 Å². The fourth-order valence-electron chi connectivity index (χ4n) is 5.77. The number of alkyl halides is 6. The molecule has 2 aliphatic rings. The van der Waals surface area contributed by atoms with Crippen LogP contribution in [0.4, 0.5) is 26.3 Å². The summed E-state index contributed by atoms with van der Waals surface area (Å²) in [5.74, 6) is -1.75. The molecular weight excluding hydrogens is 698 g/mol. The number of halogens is 7. The highest BCUT2D eigenvalue weighted by Crippen LogP contribution is 2.29. The minimum atomic E-state index is -5.19. The van der Waals surface area contributed by atoms with E-state index < -0.39 is 24.3 Å². The van der Waals surface area contributed by atoms with Crippen LogP contribution < -0.4 is 30.3 Å². The van der Waals surface area contributed by atoms with Crippen molar-refractivity contribution in [3.05, 3.63) is 53.3 Å². The van der Waals surface area contributed by atoms with Crippen LogP contribution in [-0.2, 0) is 22.7 Å². The molecule has 1 atom stereocenters. The Labute approximate surface area is 290 Å². The minimum Gasteiger partial charge on any atom is -0.542 e. The molecule has 2 aromatic carbocycles. The van der Waals surface area contributed by atoms with Gasteiger partial charge in [-0.2, -0.15) is 26.3 Å². The van der Waals surface area contributed by atoms with Gasteiger partial charge in [-0.25, -0.2) is 4.98 Å². The molecule has 0 aliphatic carbocycles. The summed E-state index contributed by atoms with van der Waals surface area (Å²) in [5.41, 5.74) is 2.10. The van der Waals surface area contributed by atoms with Crippen molar-refractivity contribution < 1.29 is 66.3 Å². The maximum absolute atomic E-state index is 10.5.